The molecule has 3 nitrogen and oxygen atoms in total. The van der Waals surface area contributed by atoms with E-state index in [4.69, 9.17) is 4.74 Å². The number of amides is 1. The normalized spacial score (nSPS) is 26.0. The Morgan fingerprint density at radius 2 is 2.04 bits per heavy atom. The highest BCUT2D eigenvalue weighted by Gasteiger charge is 2.40. The summed E-state index contributed by atoms with van der Waals surface area (Å²) in [4.78, 5) is 14.5. The Hall–Kier alpha value is -2.03. The highest BCUT2D eigenvalue weighted by molar-refractivity contribution is 5.70. The van der Waals surface area contributed by atoms with Gasteiger partial charge in [0.1, 0.15) is 6.61 Å². The van der Waals surface area contributed by atoms with Crippen LogP contribution in [0, 0.1) is 0 Å². The third-order valence-corrected chi connectivity index (χ3v) is 5.26. The number of hydrogen-bond donors (Lipinski definition) is 0. The molecule has 1 aromatic carbocycles. The molecule has 2 atom stereocenters. The van der Waals surface area contributed by atoms with Gasteiger partial charge in [0, 0.05) is 6.04 Å². The average molecular weight is 309 g/mol. The second-order valence-electron chi connectivity index (χ2n) is 6.76. The zero-order valence-corrected chi connectivity index (χ0v) is 13.4. The summed E-state index contributed by atoms with van der Waals surface area (Å²) >= 11 is 0. The van der Waals surface area contributed by atoms with Crippen molar-refractivity contribution < 1.29 is 9.53 Å². The van der Waals surface area contributed by atoms with Crippen molar-refractivity contribution in [2.75, 3.05) is 0 Å². The van der Waals surface area contributed by atoms with Crippen LogP contribution in [0.5, 0.6) is 0 Å². The van der Waals surface area contributed by atoms with Crippen LogP contribution in [0.25, 0.3) is 0 Å². The first-order valence-corrected chi connectivity index (χ1v) is 8.70. The zero-order chi connectivity index (χ0) is 15.6. The largest absolute Gasteiger partial charge is 0.445 e. The topological polar surface area (TPSA) is 29.5 Å². The van der Waals surface area contributed by atoms with Crippen molar-refractivity contribution in [3.63, 3.8) is 0 Å². The molecular weight excluding hydrogens is 286 g/mol. The summed E-state index contributed by atoms with van der Waals surface area (Å²) in [5, 5.41) is 0. The van der Waals surface area contributed by atoms with Gasteiger partial charge in [0.25, 0.3) is 0 Å². The molecule has 3 aliphatic rings. The first kappa shape index (κ1) is 14.6. The summed E-state index contributed by atoms with van der Waals surface area (Å²) < 4.78 is 5.55. The molecule has 120 valence electrons. The number of carbonyl (C=O) groups excluding carboxylic acids is 1. The van der Waals surface area contributed by atoms with Gasteiger partial charge in [-0.1, -0.05) is 42.5 Å². The van der Waals surface area contributed by atoms with E-state index in [0.717, 1.165) is 24.8 Å². The lowest BCUT2D eigenvalue weighted by atomic mass is 9.94. The molecule has 2 heterocycles. The van der Waals surface area contributed by atoms with Crippen molar-refractivity contribution >= 4 is 6.09 Å². The van der Waals surface area contributed by atoms with E-state index in [9.17, 15) is 4.79 Å². The first-order valence-electron chi connectivity index (χ1n) is 8.70. The molecule has 2 bridgehead atoms. The molecule has 2 aliphatic heterocycles. The van der Waals surface area contributed by atoms with Gasteiger partial charge in [0.2, 0.25) is 0 Å². The minimum Gasteiger partial charge on any atom is -0.445 e. The summed E-state index contributed by atoms with van der Waals surface area (Å²) in [5.74, 6) is 0. The van der Waals surface area contributed by atoms with Gasteiger partial charge in [-0.3, -0.25) is 4.90 Å². The molecule has 0 radical (unpaired) electrons. The Morgan fingerprint density at radius 1 is 1.17 bits per heavy atom. The Bertz CT molecular complexity index is 647. The molecule has 23 heavy (non-hydrogen) atoms. The number of ether oxygens (including phenoxy) is 1. The smallest absolute Gasteiger partial charge is 0.410 e. The lowest BCUT2D eigenvalue weighted by Gasteiger charge is -2.33. The summed E-state index contributed by atoms with van der Waals surface area (Å²) in [6, 6.07) is 10.4. The van der Waals surface area contributed by atoms with Crippen LogP contribution in [0.3, 0.4) is 0 Å². The maximum Gasteiger partial charge on any atom is 0.410 e. The fraction of sp³-hybridized carbons (Fsp3) is 0.450. The van der Waals surface area contributed by atoms with Crippen molar-refractivity contribution in [2.45, 2.75) is 57.2 Å². The molecule has 0 N–H and O–H groups in total. The van der Waals surface area contributed by atoms with Crippen molar-refractivity contribution in [1.82, 2.24) is 4.90 Å². The SMILES string of the molecule is O=C(OCc1ccccc1)N1C2C=C(C3=CCCC3)CC1CC2. The number of carbonyl (C=O) groups is 1. The second kappa shape index (κ2) is 6.23. The highest BCUT2D eigenvalue weighted by Crippen LogP contribution is 2.40. The van der Waals surface area contributed by atoms with Crippen LogP contribution in [0.2, 0.25) is 0 Å². The van der Waals surface area contributed by atoms with Crippen LogP contribution in [0.15, 0.2) is 53.6 Å². The summed E-state index contributed by atoms with van der Waals surface area (Å²) in [6.07, 6.45) is 11.4. The van der Waals surface area contributed by atoms with Gasteiger partial charge in [-0.05, 0) is 55.2 Å². The van der Waals surface area contributed by atoms with Crippen molar-refractivity contribution in [3.05, 3.63) is 59.2 Å². The molecular formula is C20H23NO2. The second-order valence-corrected chi connectivity index (χ2v) is 6.76. The van der Waals surface area contributed by atoms with Crippen molar-refractivity contribution in [1.29, 1.82) is 0 Å². The van der Waals surface area contributed by atoms with Crippen LogP contribution in [-0.2, 0) is 11.3 Å². The third kappa shape index (κ3) is 2.92. The molecule has 3 heteroatoms. The quantitative estimate of drug-likeness (QED) is 0.817. The molecule has 1 aromatic rings. The summed E-state index contributed by atoms with van der Waals surface area (Å²) in [6.45, 7) is 0.358. The Balaban J connectivity index is 1.43. The molecule has 1 fully saturated rings. The Morgan fingerprint density at radius 3 is 2.78 bits per heavy atom. The van der Waals surface area contributed by atoms with Crippen LogP contribution >= 0.6 is 0 Å². The van der Waals surface area contributed by atoms with Gasteiger partial charge >= 0.3 is 6.09 Å². The van der Waals surface area contributed by atoms with Gasteiger partial charge in [-0.15, -0.1) is 0 Å². The monoisotopic (exact) mass is 309 g/mol. The fourth-order valence-corrected chi connectivity index (χ4v) is 4.11. The van der Waals surface area contributed by atoms with E-state index in [-0.39, 0.29) is 12.1 Å². The predicted molar refractivity (Wildman–Crippen MR) is 89.9 cm³/mol. The predicted octanol–water partition coefficient (Wildman–Crippen LogP) is 4.60. The summed E-state index contributed by atoms with van der Waals surface area (Å²) in [5.41, 5.74) is 4.05. The van der Waals surface area contributed by atoms with Crippen LogP contribution in [0.4, 0.5) is 4.79 Å². The van der Waals surface area contributed by atoms with E-state index in [1.807, 2.05) is 35.2 Å². The van der Waals surface area contributed by atoms with E-state index in [1.54, 1.807) is 0 Å². The van der Waals surface area contributed by atoms with E-state index in [0.29, 0.717) is 12.6 Å². The van der Waals surface area contributed by atoms with Crippen molar-refractivity contribution in [3.8, 4) is 0 Å². The average Bonchev–Trinajstić information content (AvgIpc) is 3.20. The number of fused-ring (bicyclic) bond motifs is 2. The Kier molecular flexibility index (Phi) is 3.94. The molecule has 1 aliphatic carbocycles. The minimum absolute atomic E-state index is 0.156. The maximum atomic E-state index is 12.5. The number of hydrogen-bond acceptors (Lipinski definition) is 2. The molecule has 0 aromatic heterocycles. The van der Waals surface area contributed by atoms with Gasteiger partial charge in [-0.2, -0.15) is 0 Å². The van der Waals surface area contributed by atoms with E-state index in [2.05, 4.69) is 12.2 Å². The number of rotatable bonds is 3. The molecule has 4 rings (SSSR count). The molecule has 0 spiro atoms. The summed E-state index contributed by atoms with van der Waals surface area (Å²) in [7, 11) is 0. The molecule has 0 saturated carbocycles. The van der Waals surface area contributed by atoms with Gasteiger partial charge in [0.05, 0.1) is 6.04 Å². The maximum absolute atomic E-state index is 12.5. The third-order valence-electron chi connectivity index (χ3n) is 5.26. The standard InChI is InChI=1S/C20H23NO2/c22-20(23-14-15-6-2-1-3-7-15)21-18-10-11-19(21)13-17(12-18)16-8-4-5-9-16/h1-3,6-8,12,18-19H,4-5,9-11,13-14H2. The fourth-order valence-electron chi connectivity index (χ4n) is 4.11. The number of benzene rings is 1. The first-order chi connectivity index (χ1) is 11.3. The highest BCUT2D eigenvalue weighted by atomic mass is 16.6. The van der Waals surface area contributed by atoms with Crippen LogP contribution < -0.4 is 0 Å². The van der Waals surface area contributed by atoms with E-state index < -0.39 is 0 Å². The van der Waals surface area contributed by atoms with Gasteiger partial charge in [0.15, 0.2) is 0 Å². The van der Waals surface area contributed by atoms with Crippen LogP contribution in [0.1, 0.15) is 44.1 Å². The number of allylic oxidation sites excluding steroid dienone is 2. The molecule has 1 saturated heterocycles. The number of nitrogens with zero attached hydrogens (tertiary/aromatic N) is 1. The van der Waals surface area contributed by atoms with Gasteiger partial charge in [-0.25, -0.2) is 4.79 Å². The Labute approximate surface area is 137 Å². The lowest BCUT2D eigenvalue weighted by Crippen LogP contribution is -2.43. The van der Waals surface area contributed by atoms with E-state index in [1.165, 1.54) is 30.4 Å². The van der Waals surface area contributed by atoms with Gasteiger partial charge < -0.3 is 4.74 Å². The molecule has 2 unspecified atom stereocenters. The van der Waals surface area contributed by atoms with Crippen LogP contribution in [-0.4, -0.2) is 23.1 Å². The minimum atomic E-state index is -0.156. The zero-order valence-electron chi connectivity index (χ0n) is 13.4. The van der Waals surface area contributed by atoms with Crippen molar-refractivity contribution in [2.24, 2.45) is 0 Å². The van der Waals surface area contributed by atoms with E-state index >= 15 is 0 Å². The lowest BCUT2D eigenvalue weighted by molar-refractivity contribution is 0.0818. The molecule has 1 amide bonds.